The molecule has 0 aromatic carbocycles. The lowest BCUT2D eigenvalue weighted by molar-refractivity contribution is -0.308. The van der Waals surface area contributed by atoms with Crippen molar-refractivity contribution >= 4 is 7.60 Å². The van der Waals surface area contributed by atoms with Crippen LogP contribution < -0.4 is 21.0 Å². The quantitative estimate of drug-likeness (QED) is 0.669. The summed E-state index contributed by atoms with van der Waals surface area (Å²) in [6, 6.07) is 0. The third kappa shape index (κ3) is 3.82. The largest absolute Gasteiger partial charge is 0.808 e. The van der Waals surface area contributed by atoms with E-state index in [9.17, 15) is 23.9 Å². The number of hydrogen-bond donors (Lipinski definition) is 1. The SMILES string of the molecule is CO[C@@H]1C[C@H](n2cc(C)c(=O)[nH]c2=O)O[C@@H]1/C=C/P(=O)([O-])[O-]. The molecule has 9 nitrogen and oxygen atoms in total. The van der Waals surface area contributed by atoms with Crippen molar-refractivity contribution in [2.75, 3.05) is 7.11 Å². The number of methoxy groups -OCH3 is 1. The fourth-order valence-electron chi connectivity index (χ4n) is 2.23. The van der Waals surface area contributed by atoms with E-state index in [1.807, 2.05) is 0 Å². The normalized spacial score (nSPS) is 25.9. The Bertz CT molecular complexity index is 732. The van der Waals surface area contributed by atoms with Crippen LogP contribution in [0, 0.1) is 6.92 Å². The van der Waals surface area contributed by atoms with Crippen LogP contribution in [0.3, 0.4) is 0 Å². The van der Waals surface area contributed by atoms with Crippen LogP contribution in [0.2, 0.25) is 0 Å². The number of nitrogens with zero attached hydrogens (tertiary/aromatic N) is 1. The molecule has 1 aromatic heterocycles. The van der Waals surface area contributed by atoms with E-state index in [4.69, 9.17) is 9.47 Å². The standard InChI is InChI=1S/C12H17N2O7P/c1-7-6-14(12(16)13-11(7)15)10-5-9(20-2)8(21-10)3-4-22(17,18)19/h3-4,6,8-10H,5H2,1-2H3,(H,13,15,16)(H2,17,18,19)/p-2/b4-3+/t8-,9-,10-/m1/s1. The lowest BCUT2D eigenvalue weighted by atomic mass is 10.2. The van der Waals surface area contributed by atoms with Crippen LogP contribution >= 0.6 is 7.60 Å². The highest BCUT2D eigenvalue weighted by Crippen LogP contribution is 2.33. The summed E-state index contributed by atoms with van der Waals surface area (Å²) in [7, 11) is -3.39. The second kappa shape index (κ2) is 6.31. The number of aromatic nitrogens is 2. The summed E-state index contributed by atoms with van der Waals surface area (Å²) in [5, 5.41) is 0. The van der Waals surface area contributed by atoms with E-state index in [0.717, 1.165) is 6.08 Å². The fourth-order valence-corrected chi connectivity index (χ4v) is 2.61. The molecule has 0 spiro atoms. The predicted molar refractivity (Wildman–Crippen MR) is 72.1 cm³/mol. The molecule has 2 rings (SSSR count). The second-order valence-electron chi connectivity index (χ2n) is 4.93. The first-order valence-corrected chi connectivity index (χ1v) is 8.04. The van der Waals surface area contributed by atoms with Crippen molar-refractivity contribution in [2.45, 2.75) is 31.8 Å². The maximum atomic E-state index is 11.8. The van der Waals surface area contributed by atoms with Crippen molar-refractivity contribution < 1.29 is 23.8 Å². The fraction of sp³-hybridized carbons (Fsp3) is 0.500. The van der Waals surface area contributed by atoms with Gasteiger partial charge in [0.2, 0.25) is 0 Å². The summed E-state index contributed by atoms with van der Waals surface area (Å²) in [4.78, 5) is 46.7. The van der Waals surface area contributed by atoms with Crippen LogP contribution in [0.25, 0.3) is 0 Å². The molecule has 122 valence electrons. The molecule has 1 aliphatic heterocycles. The van der Waals surface area contributed by atoms with Crippen molar-refractivity contribution in [3.05, 3.63) is 44.5 Å². The Kier molecular flexibility index (Phi) is 4.84. The average molecular weight is 330 g/mol. The Morgan fingerprint density at radius 2 is 2.18 bits per heavy atom. The molecule has 1 saturated heterocycles. The summed E-state index contributed by atoms with van der Waals surface area (Å²) in [5.74, 6) is 0.521. The number of nitrogens with one attached hydrogen (secondary N) is 1. The van der Waals surface area contributed by atoms with E-state index in [1.54, 1.807) is 6.92 Å². The summed E-state index contributed by atoms with van der Waals surface area (Å²) in [6.45, 7) is 1.54. The number of ether oxygens (including phenoxy) is 2. The Labute approximate surface area is 125 Å². The zero-order chi connectivity index (χ0) is 16.5. The molecule has 22 heavy (non-hydrogen) atoms. The first-order chi connectivity index (χ1) is 10.2. The van der Waals surface area contributed by atoms with Crippen molar-refractivity contribution in [1.82, 2.24) is 9.55 Å². The van der Waals surface area contributed by atoms with Crippen LogP contribution in [0.5, 0.6) is 0 Å². The van der Waals surface area contributed by atoms with Gasteiger partial charge in [-0.25, -0.2) is 4.79 Å². The van der Waals surface area contributed by atoms with Crippen LogP contribution in [-0.2, 0) is 14.0 Å². The summed E-state index contributed by atoms with van der Waals surface area (Å²) >= 11 is 0. The van der Waals surface area contributed by atoms with Crippen LogP contribution in [0.15, 0.2) is 27.7 Å². The van der Waals surface area contributed by atoms with E-state index in [-0.39, 0.29) is 6.42 Å². The summed E-state index contributed by atoms with van der Waals surface area (Å²) in [5.41, 5.74) is -0.796. The molecule has 0 saturated carbocycles. The number of hydrogen-bond acceptors (Lipinski definition) is 7. The first kappa shape index (κ1) is 16.9. The molecule has 10 heteroatoms. The van der Waals surface area contributed by atoms with Gasteiger partial charge in [-0.2, -0.15) is 0 Å². The van der Waals surface area contributed by atoms with Crippen LogP contribution in [0.1, 0.15) is 18.2 Å². The van der Waals surface area contributed by atoms with Gasteiger partial charge in [-0.15, -0.1) is 0 Å². The van der Waals surface area contributed by atoms with Gasteiger partial charge in [-0.3, -0.25) is 14.3 Å². The van der Waals surface area contributed by atoms with Crippen molar-refractivity contribution in [2.24, 2.45) is 0 Å². The van der Waals surface area contributed by atoms with Gasteiger partial charge in [0.15, 0.2) is 0 Å². The Balaban J connectivity index is 2.27. The van der Waals surface area contributed by atoms with Crippen LogP contribution in [-0.4, -0.2) is 28.9 Å². The molecule has 1 aromatic rings. The number of aromatic amines is 1. The molecule has 3 atom stereocenters. The van der Waals surface area contributed by atoms with Crippen LogP contribution in [0.4, 0.5) is 0 Å². The highest BCUT2D eigenvalue weighted by Gasteiger charge is 2.35. The monoisotopic (exact) mass is 330 g/mol. The lowest BCUT2D eigenvalue weighted by Gasteiger charge is -2.25. The van der Waals surface area contributed by atoms with E-state index < -0.39 is 37.3 Å². The first-order valence-electron chi connectivity index (χ1n) is 6.42. The molecule has 0 aliphatic carbocycles. The Morgan fingerprint density at radius 1 is 1.50 bits per heavy atom. The van der Waals surface area contributed by atoms with E-state index in [0.29, 0.717) is 11.4 Å². The molecule has 0 amide bonds. The Morgan fingerprint density at radius 3 is 2.77 bits per heavy atom. The number of aryl methyl sites for hydroxylation is 1. The number of H-pyrrole nitrogens is 1. The van der Waals surface area contributed by atoms with Gasteiger partial charge in [0.1, 0.15) is 12.3 Å². The third-order valence-electron chi connectivity index (χ3n) is 3.33. The minimum Gasteiger partial charge on any atom is -0.808 e. The van der Waals surface area contributed by atoms with E-state index >= 15 is 0 Å². The predicted octanol–water partition coefficient (Wildman–Crippen LogP) is -1.43. The van der Waals surface area contributed by atoms with Gasteiger partial charge in [0.25, 0.3) is 5.56 Å². The van der Waals surface area contributed by atoms with Crippen molar-refractivity contribution in [1.29, 1.82) is 0 Å². The van der Waals surface area contributed by atoms with Crippen molar-refractivity contribution in [3.8, 4) is 0 Å². The topological polar surface area (TPSA) is 137 Å². The zero-order valence-electron chi connectivity index (χ0n) is 11.9. The second-order valence-corrected chi connectivity index (χ2v) is 6.30. The molecule has 2 heterocycles. The summed E-state index contributed by atoms with van der Waals surface area (Å²) < 4.78 is 22.6. The number of rotatable bonds is 4. The third-order valence-corrected chi connectivity index (χ3v) is 3.87. The maximum absolute atomic E-state index is 11.8. The van der Waals surface area contributed by atoms with Gasteiger partial charge in [-0.1, -0.05) is 11.9 Å². The van der Waals surface area contributed by atoms with E-state index in [1.165, 1.54) is 17.9 Å². The lowest BCUT2D eigenvalue weighted by Crippen LogP contribution is -2.33. The van der Waals surface area contributed by atoms with Crippen molar-refractivity contribution in [3.63, 3.8) is 0 Å². The molecule has 0 bridgehead atoms. The molecule has 1 aliphatic rings. The maximum Gasteiger partial charge on any atom is 0.330 e. The molecular weight excluding hydrogens is 315 g/mol. The molecule has 0 radical (unpaired) electrons. The zero-order valence-corrected chi connectivity index (χ0v) is 12.8. The molecule has 0 unspecified atom stereocenters. The minimum absolute atomic E-state index is 0.263. The molecule has 1 N–H and O–H groups in total. The van der Waals surface area contributed by atoms with Gasteiger partial charge >= 0.3 is 5.69 Å². The molecule has 1 fully saturated rings. The average Bonchev–Trinajstić information content (AvgIpc) is 2.83. The molecular formula is C12H15N2O7P-2. The highest BCUT2D eigenvalue weighted by atomic mass is 31.2. The highest BCUT2D eigenvalue weighted by molar-refractivity contribution is 7.52. The Hall–Kier alpha value is -1.51. The van der Waals surface area contributed by atoms with Gasteiger partial charge in [-0.05, 0) is 14.5 Å². The smallest absolute Gasteiger partial charge is 0.330 e. The van der Waals surface area contributed by atoms with Gasteiger partial charge in [0.05, 0.1) is 6.10 Å². The van der Waals surface area contributed by atoms with Gasteiger partial charge < -0.3 is 23.8 Å². The van der Waals surface area contributed by atoms with E-state index in [2.05, 4.69) is 4.98 Å². The summed E-state index contributed by atoms with van der Waals surface area (Å²) in [6.07, 6.45) is 0.673. The minimum atomic E-state index is -4.80. The van der Waals surface area contributed by atoms with Gasteiger partial charge in [0, 0.05) is 25.3 Å².